The molecule has 0 aliphatic carbocycles. The molecule has 196 valence electrons. The molecule has 5 rings (SSSR count). The van der Waals surface area contributed by atoms with Crippen LogP contribution in [-0.2, 0) is 21.2 Å². The van der Waals surface area contributed by atoms with Gasteiger partial charge in [0.15, 0.2) is 5.76 Å². The van der Waals surface area contributed by atoms with Gasteiger partial charge in [-0.2, -0.15) is 4.72 Å². The fraction of sp³-hybridized carbons (Fsp3) is 0.0667. The number of para-hydroxylation sites is 1. The maximum absolute atomic E-state index is 12.9. The summed E-state index contributed by atoms with van der Waals surface area (Å²) in [7, 11) is -4.07. The van der Waals surface area contributed by atoms with Crippen molar-refractivity contribution in [3.05, 3.63) is 121 Å². The van der Waals surface area contributed by atoms with Gasteiger partial charge in [0.2, 0.25) is 10.0 Å². The summed E-state index contributed by atoms with van der Waals surface area (Å²) in [5.41, 5.74) is 3.48. The van der Waals surface area contributed by atoms with Crippen molar-refractivity contribution in [2.45, 2.75) is 17.4 Å². The Labute approximate surface area is 225 Å². The quantitative estimate of drug-likeness (QED) is 0.232. The Kier molecular flexibility index (Phi) is 7.27. The maximum atomic E-state index is 12.9. The van der Waals surface area contributed by atoms with Gasteiger partial charge >= 0.3 is 5.97 Å². The summed E-state index contributed by atoms with van der Waals surface area (Å²) in [6, 6.07) is 29.8. The Morgan fingerprint density at radius 2 is 1.41 bits per heavy atom. The number of benzene rings is 4. The second-order valence-electron chi connectivity index (χ2n) is 8.91. The van der Waals surface area contributed by atoms with Crippen LogP contribution in [0.2, 0.25) is 0 Å². The van der Waals surface area contributed by atoms with Crippen LogP contribution in [0.5, 0.6) is 0 Å². The van der Waals surface area contributed by atoms with Crippen LogP contribution >= 0.6 is 0 Å². The normalized spacial score (nSPS) is 12.2. The third-order valence-electron chi connectivity index (χ3n) is 6.17. The molecule has 0 spiro atoms. The van der Waals surface area contributed by atoms with Gasteiger partial charge in [-0.25, -0.2) is 8.42 Å². The highest BCUT2D eigenvalue weighted by atomic mass is 32.2. The summed E-state index contributed by atoms with van der Waals surface area (Å²) in [5.74, 6) is -1.42. The van der Waals surface area contributed by atoms with E-state index in [0.717, 1.165) is 16.5 Å². The van der Waals surface area contributed by atoms with Crippen LogP contribution in [0.3, 0.4) is 0 Å². The van der Waals surface area contributed by atoms with Crippen LogP contribution in [0, 0.1) is 0 Å². The number of sulfonamides is 1. The molecule has 0 saturated carbocycles. The summed E-state index contributed by atoms with van der Waals surface area (Å²) >= 11 is 0. The van der Waals surface area contributed by atoms with E-state index in [-0.39, 0.29) is 23.0 Å². The molecule has 0 fully saturated rings. The molecule has 0 saturated heterocycles. The van der Waals surface area contributed by atoms with E-state index in [4.69, 9.17) is 4.42 Å². The summed E-state index contributed by atoms with van der Waals surface area (Å²) in [6.07, 6.45) is 0.0206. The van der Waals surface area contributed by atoms with E-state index in [2.05, 4.69) is 10.0 Å². The number of carboxylic acids is 1. The molecule has 1 atom stereocenters. The van der Waals surface area contributed by atoms with E-state index in [1.54, 1.807) is 78.9 Å². The number of hydrogen-bond donors (Lipinski definition) is 3. The van der Waals surface area contributed by atoms with Gasteiger partial charge in [0.1, 0.15) is 11.6 Å². The first kappa shape index (κ1) is 25.9. The van der Waals surface area contributed by atoms with Crippen molar-refractivity contribution in [1.29, 1.82) is 0 Å². The van der Waals surface area contributed by atoms with Gasteiger partial charge in [0, 0.05) is 11.1 Å². The van der Waals surface area contributed by atoms with Gasteiger partial charge in [-0.15, -0.1) is 0 Å². The number of nitrogens with one attached hydrogen (secondary N) is 2. The van der Waals surface area contributed by atoms with E-state index >= 15 is 0 Å². The second kappa shape index (κ2) is 10.9. The first-order valence-corrected chi connectivity index (χ1v) is 13.6. The molecule has 0 unspecified atom stereocenters. The number of carbonyl (C=O) groups excluding carboxylic acids is 1. The zero-order valence-corrected chi connectivity index (χ0v) is 21.4. The Bertz CT molecular complexity index is 1700. The number of furan rings is 1. The first-order chi connectivity index (χ1) is 18.8. The van der Waals surface area contributed by atoms with Crippen LogP contribution in [0.4, 0.5) is 5.69 Å². The molecule has 3 N–H and O–H groups in total. The average Bonchev–Trinajstić information content (AvgIpc) is 3.38. The molecule has 0 radical (unpaired) electrons. The van der Waals surface area contributed by atoms with Gasteiger partial charge < -0.3 is 14.8 Å². The lowest BCUT2D eigenvalue weighted by atomic mass is 10.1. The molecule has 1 heterocycles. The first-order valence-electron chi connectivity index (χ1n) is 12.1. The summed E-state index contributed by atoms with van der Waals surface area (Å²) in [5, 5.41) is 13.2. The fourth-order valence-electron chi connectivity index (χ4n) is 4.14. The van der Waals surface area contributed by atoms with Crippen molar-refractivity contribution < 1.29 is 27.5 Å². The van der Waals surface area contributed by atoms with Crippen molar-refractivity contribution in [3.63, 3.8) is 0 Å². The predicted octanol–water partition coefficient (Wildman–Crippen LogP) is 5.33. The van der Waals surface area contributed by atoms with Gasteiger partial charge in [0.25, 0.3) is 5.91 Å². The van der Waals surface area contributed by atoms with Crippen LogP contribution in [-0.4, -0.2) is 31.4 Å². The van der Waals surface area contributed by atoms with Crippen molar-refractivity contribution >= 4 is 38.6 Å². The molecular weight excluding hydrogens is 516 g/mol. The summed E-state index contributed by atoms with van der Waals surface area (Å²) < 4.78 is 33.7. The highest BCUT2D eigenvalue weighted by Gasteiger charge is 2.25. The van der Waals surface area contributed by atoms with Gasteiger partial charge in [-0.1, -0.05) is 72.8 Å². The van der Waals surface area contributed by atoms with Gasteiger partial charge in [-0.3, -0.25) is 9.59 Å². The summed E-state index contributed by atoms with van der Waals surface area (Å²) in [6.45, 7) is 0. The second-order valence-corrected chi connectivity index (χ2v) is 10.6. The predicted molar refractivity (Wildman–Crippen MR) is 148 cm³/mol. The maximum Gasteiger partial charge on any atom is 0.322 e. The fourth-order valence-corrected chi connectivity index (χ4v) is 5.33. The smallest absolute Gasteiger partial charge is 0.322 e. The van der Waals surface area contributed by atoms with E-state index < -0.39 is 22.0 Å². The Morgan fingerprint density at radius 1 is 0.795 bits per heavy atom. The third kappa shape index (κ3) is 6.06. The molecule has 4 aromatic carbocycles. The lowest BCUT2D eigenvalue weighted by molar-refractivity contribution is -0.138. The molecular formula is C30H24N2O6S. The lowest BCUT2D eigenvalue weighted by Crippen LogP contribution is -2.42. The van der Waals surface area contributed by atoms with Crippen LogP contribution in [0.1, 0.15) is 16.1 Å². The molecule has 0 aliphatic rings. The van der Waals surface area contributed by atoms with E-state index in [0.29, 0.717) is 16.8 Å². The number of fused-ring (bicyclic) bond motifs is 1. The molecule has 9 heteroatoms. The molecule has 0 aliphatic heterocycles. The Hall–Kier alpha value is -4.73. The van der Waals surface area contributed by atoms with Crippen LogP contribution in [0.15, 0.2) is 119 Å². The zero-order valence-electron chi connectivity index (χ0n) is 20.6. The number of amides is 1. The molecule has 39 heavy (non-hydrogen) atoms. The topological polar surface area (TPSA) is 126 Å². The molecule has 8 nitrogen and oxygen atoms in total. The molecule has 0 bridgehead atoms. The van der Waals surface area contributed by atoms with Crippen molar-refractivity contribution in [1.82, 2.24) is 4.72 Å². The van der Waals surface area contributed by atoms with Gasteiger partial charge in [0.05, 0.1) is 4.90 Å². The Balaban J connectivity index is 1.25. The van der Waals surface area contributed by atoms with Gasteiger partial charge in [-0.05, 0) is 59.5 Å². The lowest BCUT2D eigenvalue weighted by Gasteiger charge is -2.15. The summed E-state index contributed by atoms with van der Waals surface area (Å²) in [4.78, 5) is 24.3. The number of rotatable bonds is 9. The number of aliphatic carboxylic acids is 1. The number of carbonyl (C=O) groups is 2. The SMILES string of the molecule is O=C(Nc1ccc(-c2ccc(S(=O)(=O)N[C@H](Cc3ccccc3)C(=O)O)cc2)cc1)c1cc2ccccc2o1. The molecule has 5 aromatic rings. The highest BCUT2D eigenvalue weighted by Crippen LogP contribution is 2.25. The number of carboxylic acid groups (broad SMARTS) is 1. The standard InChI is InChI=1S/C30H24N2O6S/c33-29(28-19-23-8-4-5-9-27(23)38-28)31-24-14-10-21(11-15-24)22-12-16-25(17-13-22)39(36,37)32-26(30(34)35)18-20-6-2-1-3-7-20/h1-17,19,26,32H,18H2,(H,31,33)(H,34,35)/t26-/m1/s1. The van der Waals surface area contributed by atoms with Crippen LogP contribution in [0.25, 0.3) is 22.1 Å². The number of hydrogen-bond acceptors (Lipinski definition) is 5. The van der Waals surface area contributed by atoms with Crippen molar-refractivity contribution in [3.8, 4) is 11.1 Å². The number of anilines is 1. The average molecular weight is 541 g/mol. The van der Waals surface area contributed by atoms with Crippen molar-refractivity contribution in [2.75, 3.05) is 5.32 Å². The Morgan fingerprint density at radius 3 is 2.05 bits per heavy atom. The van der Waals surface area contributed by atoms with E-state index in [1.165, 1.54) is 12.1 Å². The molecule has 1 aromatic heterocycles. The third-order valence-corrected chi connectivity index (χ3v) is 7.66. The van der Waals surface area contributed by atoms with E-state index in [9.17, 15) is 23.1 Å². The largest absolute Gasteiger partial charge is 0.480 e. The minimum atomic E-state index is -4.07. The minimum absolute atomic E-state index is 0.0206. The van der Waals surface area contributed by atoms with Crippen molar-refractivity contribution in [2.24, 2.45) is 0 Å². The molecule has 1 amide bonds. The zero-order chi connectivity index (χ0) is 27.4. The van der Waals surface area contributed by atoms with Crippen LogP contribution < -0.4 is 10.0 Å². The monoisotopic (exact) mass is 540 g/mol. The minimum Gasteiger partial charge on any atom is -0.480 e. The van der Waals surface area contributed by atoms with E-state index in [1.807, 2.05) is 18.2 Å². The highest BCUT2D eigenvalue weighted by molar-refractivity contribution is 7.89.